The Morgan fingerprint density at radius 2 is 0.467 bits per heavy atom. The molecular weight excluding hydrogens is 1690 g/mol. The number of aromatic nitrogens is 18. The van der Waals surface area contributed by atoms with Crippen LogP contribution in [0.4, 0.5) is 58.8 Å². The van der Waals surface area contributed by atoms with E-state index in [1.54, 1.807) is 36.7 Å². The number of rotatable bonds is 15. The van der Waals surface area contributed by atoms with Crippen molar-refractivity contribution in [1.29, 1.82) is 26.3 Å². The van der Waals surface area contributed by atoms with Gasteiger partial charge in [-0.3, -0.25) is 4.98 Å². The van der Waals surface area contributed by atoms with Crippen LogP contribution < -0.4 is 49.0 Å². The van der Waals surface area contributed by atoms with Gasteiger partial charge in [0.25, 0.3) is 0 Å². The SMILES string of the molecule is Cc1cnc(N2CCC(C3CCN(c4cc(C#N)ccn4)CC3)CC2)nc1.Cc1cnc(N2CCC(C3CCN(c4cc(C#N)ncn4)CC3)CC2)nc1.Cc1cnc(N2CCC(C3CCN(c4cc(C#N)ncn4)CC3)CC2)nc1.Cc1cnc(N2CCC(C3CCN(c4cccc(C#N)n4)CC3)CC2)nc1.Cc1cnc(N2CCC(C3CCN(c4cncc(C#N)n4)CC3)CC2)nc1. The van der Waals surface area contributed by atoms with Gasteiger partial charge in [-0.15, -0.1) is 0 Å². The predicted molar refractivity (Wildman–Crippen MR) is 521 cm³/mol. The van der Waals surface area contributed by atoms with Gasteiger partial charge in [0.2, 0.25) is 29.7 Å². The highest BCUT2D eigenvalue weighted by Gasteiger charge is 2.37. The second kappa shape index (κ2) is 46.8. The summed E-state index contributed by atoms with van der Waals surface area (Å²) in [5.74, 6) is 16.7. The Kier molecular flexibility index (Phi) is 32.8. The summed E-state index contributed by atoms with van der Waals surface area (Å²) < 4.78 is 0. The van der Waals surface area contributed by atoms with Crippen molar-refractivity contribution in [2.75, 3.05) is 180 Å². The average Bonchev–Trinajstić information content (AvgIpc) is 0.834. The topological polar surface area (TPSA) is 383 Å². The average molecular weight is 1820 g/mol. The van der Waals surface area contributed by atoms with E-state index >= 15 is 0 Å². The third-order valence-corrected chi connectivity index (χ3v) is 29.6. The van der Waals surface area contributed by atoms with Crippen LogP contribution in [0.3, 0.4) is 0 Å². The summed E-state index contributed by atoms with van der Waals surface area (Å²) in [5.41, 5.74) is 7.97. The van der Waals surface area contributed by atoms with E-state index in [0.717, 1.165) is 277 Å². The lowest BCUT2D eigenvalue weighted by Crippen LogP contribution is -2.41. The fourth-order valence-electron chi connectivity index (χ4n) is 21.6. The standard InChI is InChI=1S/2C21H26N6.3C20H25N7/c1-16-14-24-21(25-15-16)27-10-5-19(6-11-27)18-3-8-26(9-4-18)20-12-17(13-22)2-7-23-20;1-16-14-23-21(24-15-16)27-11-7-18(8-12-27)17-5-9-26(10-6-17)20-4-2-3-19(13-22)25-20;2*1-15-12-22-20(23-13-15)27-8-4-17(5-9-27)16-2-6-26(7-3-16)19-10-18(11-21)24-14-25-19;1-15-11-23-20(24-12-15)27-8-4-17(5-9-27)16-2-6-26(7-3-16)19-14-22-13-18(10-21)25-19/h2,7,12,14-15,18-19H,3-6,8-11H2,1H3;2-4,14-15,17-18H,5-12H2,1H3;2*10,12-14,16-17H,2-9H2,1H3;11-14,16-17H,2-9H2,1H3. The van der Waals surface area contributed by atoms with Gasteiger partial charge in [-0.2, -0.15) is 26.3 Å². The number of nitriles is 5. The van der Waals surface area contributed by atoms with E-state index in [1.165, 1.54) is 147 Å². The zero-order valence-electron chi connectivity index (χ0n) is 79.0. The molecule has 10 aliphatic rings. The molecule has 0 bridgehead atoms. The Bertz CT molecular complexity index is 4790. The maximum atomic E-state index is 9.08. The second-order valence-electron chi connectivity index (χ2n) is 38.2. The number of hydrogen-bond acceptors (Lipinski definition) is 33. The van der Waals surface area contributed by atoms with Crippen LogP contribution >= 0.6 is 0 Å². The van der Waals surface area contributed by atoms with Crippen LogP contribution in [0.15, 0.2) is 136 Å². The smallest absolute Gasteiger partial charge is 0.225 e. The first-order valence-electron chi connectivity index (χ1n) is 49.0. The van der Waals surface area contributed by atoms with E-state index in [-0.39, 0.29) is 0 Å². The van der Waals surface area contributed by atoms with Gasteiger partial charge in [0.05, 0.1) is 24.0 Å². The highest BCUT2D eigenvalue weighted by atomic mass is 15.3. The molecule has 10 aromatic rings. The lowest BCUT2D eigenvalue weighted by Gasteiger charge is -2.40. The van der Waals surface area contributed by atoms with Crippen molar-refractivity contribution in [2.24, 2.45) is 59.2 Å². The van der Waals surface area contributed by atoms with E-state index in [9.17, 15) is 0 Å². The van der Waals surface area contributed by atoms with Gasteiger partial charge >= 0.3 is 0 Å². The minimum Gasteiger partial charge on any atom is -0.357 e. The lowest BCUT2D eigenvalue weighted by molar-refractivity contribution is 0.232. The maximum Gasteiger partial charge on any atom is 0.225 e. The second-order valence-corrected chi connectivity index (χ2v) is 38.2. The van der Waals surface area contributed by atoms with Crippen molar-refractivity contribution in [2.45, 2.75) is 163 Å². The van der Waals surface area contributed by atoms with Gasteiger partial charge in [0.15, 0.2) is 5.69 Å². The van der Waals surface area contributed by atoms with Crippen LogP contribution in [0, 0.1) is 150 Å². The molecule has 0 unspecified atom stereocenters. The van der Waals surface area contributed by atoms with Crippen molar-refractivity contribution >= 4 is 58.8 Å². The molecule has 0 radical (unpaired) electrons. The fraction of sp³-hybridized carbons (Fsp3) is 0.539. The molecule has 10 aromatic heterocycles. The number of pyridine rings is 2. The first-order valence-corrected chi connectivity index (χ1v) is 49.0. The normalized spacial score (nSPS) is 19.1. The summed E-state index contributed by atoms with van der Waals surface area (Å²) in [4.78, 5) is 102. The fourth-order valence-corrected chi connectivity index (χ4v) is 21.6. The van der Waals surface area contributed by atoms with Crippen LogP contribution in [0.1, 0.15) is 185 Å². The van der Waals surface area contributed by atoms with Crippen molar-refractivity contribution in [3.05, 3.63) is 192 Å². The summed E-state index contributed by atoms with van der Waals surface area (Å²) in [6, 6.07) is 23.6. The third kappa shape index (κ3) is 25.7. The molecule has 0 saturated carbocycles. The van der Waals surface area contributed by atoms with Gasteiger partial charge in [-0.25, -0.2) is 84.7 Å². The highest BCUT2D eigenvalue weighted by Crippen LogP contribution is 2.41. The number of hydrogen-bond donors (Lipinski definition) is 0. The van der Waals surface area contributed by atoms with Gasteiger partial charge in [0, 0.05) is 211 Å². The monoisotopic (exact) mass is 1810 g/mol. The summed E-state index contributed by atoms with van der Waals surface area (Å²) >= 11 is 0. The minimum atomic E-state index is 0.389. The molecule has 10 saturated heterocycles. The van der Waals surface area contributed by atoms with Crippen LogP contribution in [-0.4, -0.2) is 221 Å². The molecule has 33 nitrogen and oxygen atoms in total. The molecule has 10 fully saturated rings. The molecule has 0 amide bonds. The molecule has 0 spiro atoms. The van der Waals surface area contributed by atoms with Gasteiger partial charge < -0.3 is 49.0 Å². The highest BCUT2D eigenvalue weighted by molar-refractivity contribution is 5.48. The van der Waals surface area contributed by atoms with Crippen LogP contribution in [0.5, 0.6) is 0 Å². The largest absolute Gasteiger partial charge is 0.357 e. The molecule has 700 valence electrons. The van der Waals surface area contributed by atoms with Crippen LogP contribution in [0.25, 0.3) is 0 Å². The lowest BCUT2D eigenvalue weighted by atomic mass is 9.79. The molecule has 0 aromatic carbocycles. The number of nitrogens with zero attached hydrogens (tertiary/aromatic N) is 33. The summed E-state index contributed by atoms with van der Waals surface area (Å²) in [7, 11) is 0. The molecule has 20 rings (SSSR count). The molecule has 33 heteroatoms. The zero-order valence-corrected chi connectivity index (χ0v) is 79.0. The quantitative estimate of drug-likeness (QED) is 0.0920. The number of anilines is 10. The molecule has 20 heterocycles. The predicted octanol–water partition coefficient (Wildman–Crippen LogP) is 14.1. The van der Waals surface area contributed by atoms with E-state index < -0.39 is 0 Å². The van der Waals surface area contributed by atoms with E-state index in [1.807, 2.05) is 115 Å². The van der Waals surface area contributed by atoms with Crippen molar-refractivity contribution in [3.8, 4) is 30.3 Å². The molecule has 0 N–H and O–H groups in total. The Balaban J connectivity index is 0.000000123. The van der Waals surface area contributed by atoms with E-state index in [4.69, 9.17) is 26.3 Å². The third-order valence-electron chi connectivity index (χ3n) is 29.6. The summed E-state index contributed by atoms with van der Waals surface area (Å²) in [6.07, 6.45) is 51.2. The summed E-state index contributed by atoms with van der Waals surface area (Å²) in [6.45, 7) is 30.8. The number of aryl methyl sites for hydroxylation is 5. The summed E-state index contributed by atoms with van der Waals surface area (Å²) in [5, 5.41) is 45.2. The molecule has 0 atom stereocenters. The Hall–Kier alpha value is -13.6. The van der Waals surface area contributed by atoms with Crippen molar-refractivity contribution in [1.82, 2.24) is 89.7 Å². The minimum absolute atomic E-state index is 0.389. The van der Waals surface area contributed by atoms with E-state index in [2.05, 4.69) is 169 Å². The molecule has 135 heavy (non-hydrogen) atoms. The van der Waals surface area contributed by atoms with Crippen LogP contribution in [-0.2, 0) is 0 Å². The molecule has 0 aliphatic carbocycles. The van der Waals surface area contributed by atoms with Gasteiger partial charge in [0.1, 0.15) is 83.1 Å². The van der Waals surface area contributed by atoms with Gasteiger partial charge in [-0.1, -0.05) is 6.07 Å². The van der Waals surface area contributed by atoms with Crippen LogP contribution in [0.2, 0.25) is 0 Å². The number of piperidine rings is 10. The first-order chi connectivity index (χ1) is 66.1. The maximum absolute atomic E-state index is 9.08. The zero-order chi connectivity index (χ0) is 93.2. The molecular formula is C102H127N33. The van der Waals surface area contributed by atoms with Crippen molar-refractivity contribution < 1.29 is 0 Å². The van der Waals surface area contributed by atoms with E-state index in [0.29, 0.717) is 28.3 Å². The Morgan fingerprint density at radius 3 is 0.733 bits per heavy atom. The Labute approximate surface area is 794 Å². The molecule has 10 aliphatic heterocycles. The van der Waals surface area contributed by atoms with Gasteiger partial charge in [-0.05, 0) is 274 Å². The first kappa shape index (κ1) is 94.6. The van der Waals surface area contributed by atoms with Crippen molar-refractivity contribution in [3.63, 3.8) is 0 Å². The Morgan fingerprint density at radius 1 is 0.222 bits per heavy atom.